The highest BCUT2D eigenvalue weighted by molar-refractivity contribution is 9.10. The van der Waals surface area contributed by atoms with Crippen molar-refractivity contribution in [2.75, 3.05) is 5.32 Å². The molecule has 5 heteroatoms. The summed E-state index contributed by atoms with van der Waals surface area (Å²) < 4.78 is 26.8. The molecule has 2 rings (SSSR count). The minimum atomic E-state index is -0.629. The van der Waals surface area contributed by atoms with Crippen molar-refractivity contribution < 1.29 is 8.78 Å². The van der Waals surface area contributed by atoms with Crippen LogP contribution in [0, 0.1) is 18.6 Å². The van der Waals surface area contributed by atoms with E-state index >= 15 is 0 Å². The highest BCUT2D eigenvalue weighted by Crippen LogP contribution is 2.27. The minimum absolute atomic E-state index is 0.237. The summed E-state index contributed by atoms with van der Waals surface area (Å²) in [4.78, 5) is 4.20. The van der Waals surface area contributed by atoms with Crippen LogP contribution in [0.3, 0.4) is 0 Å². The minimum Gasteiger partial charge on any atom is -0.376 e. The number of nitrogens with one attached hydrogen (secondary N) is 1. The van der Waals surface area contributed by atoms with E-state index in [2.05, 4.69) is 26.2 Å². The summed E-state index contributed by atoms with van der Waals surface area (Å²) in [5, 5.41) is 2.91. The Morgan fingerprint density at radius 1 is 1.33 bits per heavy atom. The topological polar surface area (TPSA) is 24.9 Å². The number of halogens is 3. The van der Waals surface area contributed by atoms with Crippen LogP contribution in [-0.4, -0.2) is 4.98 Å². The van der Waals surface area contributed by atoms with Gasteiger partial charge in [-0.2, -0.15) is 0 Å². The first-order valence-corrected chi connectivity index (χ1v) is 6.16. The number of hydrogen-bond donors (Lipinski definition) is 1. The van der Waals surface area contributed by atoms with Crippen molar-refractivity contribution in [3.8, 4) is 0 Å². The van der Waals surface area contributed by atoms with Gasteiger partial charge < -0.3 is 5.32 Å². The Bertz CT molecular complexity index is 550. The predicted octanol–water partition coefficient (Wildman–Crippen LogP) is 4.04. The molecule has 0 radical (unpaired) electrons. The SMILES string of the molecule is Cc1cccnc1CNc1c(F)cc(F)cc1Br. The molecule has 1 aromatic heterocycles. The van der Waals surface area contributed by atoms with Crippen molar-refractivity contribution >= 4 is 21.6 Å². The third kappa shape index (κ3) is 2.85. The third-order valence-electron chi connectivity index (χ3n) is 2.56. The molecule has 0 fully saturated rings. The van der Waals surface area contributed by atoms with Crippen LogP contribution >= 0.6 is 15.9 Å². The van der Waals surface area contributed by atoms with Gasteiger partial charge in [0.2, 0.25) is 0 Å². The molecule has 18 heavy (non-hydrogen) atoms. The highest BCUT2D eigenvalue weighted by Gasteiger charge is 2.09. The molecule has 0 unspecified atom stereocenters. The summed E-state index contributed by atoms with van der Waals surface area (Å²) >= 11 is 3.13. The molecule has 0 aliphatic rings. The Hall–Kier alpha value is -1.49. The quantitative estimate of drug-likeness (QED) is 0.925. The molecule has 0 bridgehead atoms. The number of aromatic nitrogens is 1. The van der Waals surface area contributed by atoms with E-state index in [-0.39, 0.29) is 5.69 Å². The number of aryl methyl sites for hydroxylation is 1. The van der Waals surface area contributed by atoms with E-state index in [4.69, 9.17) is 0 Å². The van der Waals surface area contributed by atoms with E-state index in [0.29, 0.717) is 11.0 Å². The summed E-state index contributed by atoms with van der Waals surface area (Å²) in [7, 11) is 0. The zero-order valence-corrected chi connectivity index (χ0v) is 11.3. The van der Waals surface area contributed by atoms with Crippen LogP contribution in [0.1, 0.15) is 11.3 Å². The first-order chi connectivity index (χ1) is 8.58. The summed E-state index contributed by atoms with van der Waals surface area (Å²) in [6.45, 7) is 2.31. The van der Waals surface area contributed by atoms with Gasteiger partial charge in [0, 0.05) is 16.7 Å². The second-order valence-electron chi connectivity index (χ2n) is 3.86. The van der Waals surface area contributed by atoms with E-state index in [1.165, 1.54) is 6.07 Å². The number of pyridine rings is 1. The van der Waals surface area contributed by atoms with Crippen LogP contribution in [0.25, 0.3) is 0 Å². The van der Waals surface area contributed by atoms with E-state index in [9.17, 15) is 8.78 Å². The third-order valence-corrected chi connectivity index (χ3v) is 3.18. The second kappa shape index (κ2) is 5.44. The first kappa shape index (κ1) is 13.0. The fourth-order valence-corrected chi connectivity index (χ4v) is 2.13. The maximum absolute atomic E-state index is 13.6. The van der Waals surface area contributed by atoms with Gasteiger partial charge in [0.25, 0.3) is 0 Å². The van der Waals surface area contributed by atoms with Crippen molar-refractivity contribution in [2.24, 2.45) is 0 Å². The Morgan fingerprint density at radius 3 is 2.78 bits per heavy atom. The van der Waals surface area contributed by atoms with Gasteiger partial charge in [0.05, 0.1) is 17.9 Å². The number of anilines is 1. The fraction of sp³-hybridized carbons (Fsp3) is 0.154. The molecule has 94 valence electrons. The van der Waals surface area contributed by atoms with E-state index in [1.54, 1.807) is 6.20 Å². The predicted molar refractivity (Wildman–Crippen MR) is 70.4 cm³/mol. The molecule has 2 aromatic rings. The summed E-state index contributed by atoms with van der Waals surface area (Å²) in [6, 6.07) is 5.84. The van der Waals surface area contributed by atoms with Gasteiger partial charge in [-0.15, -0.1) is 0 Å². The van der Waals surface area contributed by atoms with Crippen LogP contribution in [0.5, 0.6) is 0 Å². The highest BCUT2D eigenvalue weighted by atomic mass is 79.9. The molecule has 0 spiro atoms. The first-order valence-electron chi connectivity index (χ1n) is 5.37. The molecular weight excluding hydrogens is 302 g/mol. The van der Waals surface area contributed by atoms with Gasteiger partial charge in [-0.3, -0.25) is 4.98 Å². The molecule has 0 aliphatic heterocycles. The molecule has 1 N–H and O–H groups in total. The molecule has 0 saturated heterocycles. The standard InChI is InChI=1S/C13H11BrF2N2/c1-8-3-2-4-17-12(8)7-18-13-10(14)5-9(15)6-11(13)16/h2-6,18H,7H2,1H3. The van der Waals surface area contributed by atoms with E-state index < -0.39 is 11.6 Å². The number of rotatable bonds is 3. The number of benzene rings is 1. The maximum atomic E-state index is 13.6. The lowest BCUT2D eigenvalue weighted by molar-refractivity contribution is 0.583. The van der Waals surface area contributed by atoms with Crippen LogP contribution < -0.4 is 5.32 Å². The smallest absolute Gasteiger partial charge is 0.150 e. The molecule has 2 nitrogen and oxygen atoms in total. The van der Waals surface area contributed by atoms with Crippen LogP contribution in [0.2, 0.25) is 0 Å². The zero-order valence-electron chi connectivity index (χ0n) is 9.67. The molecule has 1 aromatic carbocycles. The summed E-state index contributed by atoms with van der Waals surface area (Å²) in [5.41, 5.74) is 2.08. The Morgan fingerprint density at radius 2 is 2.11 bits per heavy atom. The van der Waals surface area contributed by atoms with Crippen LogP contribution in [0.15, 0.2) is 34.9 Å². The van der Waals surface area contributed by atoms with Gasteiger partial charge in [0.15, 0.2) is 0 Å². The van der Waals surface area contributed by atoms with Gasteiger partial charge in [-0.25, -0.2) is 8.78 Å². The molecule has 0 atom stereocenters. The lowest BCUT2D eigenvalue weighted by Gasteiger charge is -2.10. The van der Waals surface area contributed by atoms with Crippen molar-refractivity contribution in [1.29, 1.82) is 0 Å². The van der Waals surface area contributed by atoms with Crippen molar-refractivity contribution in [3.05, 3.63) is 57.8 Å². The maximum Gasteiger partial charge on any atom is 0.150 e. The summed E-state index contributed by atoms with van der Waals surface area (Å²) in [6.07, 6.45) is 1.68. The lowest BCUT2D eigenvalue weighted by atomic mass is 10.2. The van der Waals surface area contributed by atoms with Gasteiger partial charge >= 0.3 is 0 Å². The molecule has 0 saturated carbocycles. The molecular formula is C13H11BrF2N2. The number of nitrogens with zero attached hydrogens (tertiary/aromatic N) is 1. The summed E-state index contributed by atoms with van der Waals surface area (Å²) in [5.74, 6) is -1.24. The molecule has 0 amide bonds. The van der Waals surface area contributed by atoms with E-state index in [1.807, 2.05) is 19.1 Å². The van der Waals surface area contributed by atoms with Crippen LogP contribution in [-0.2, 0) is 6.54 Å². The molecule has 1 heterocycles. The largest absolute Gasteiger partial charge is 0.376 e. The fourth-order valence-electron chi connectivity index (χ4n) is 1.59. The van der Waals surface area contributed by atoms with Gasteiger partial charge in [-0.1, -0.05) is 6.07 Å². The Labute approximate surface area is 112 Å². The number of hydrogen-bond acceptors (Lipinski definition) is 2. The monoisotopic (exact) mass is 312 g/mol. The van der Waals surface area contributed by atoms with E-state index in [0.717, 1.165) is 17.3 Å². The zero-order chi connectivity index (χ0) is 13.1. The average molecular weight is 313 g/mol. The van der Waals surface area contributed by atoms with Gasteiger partial charge in [-0.05, 0) is 40.5 Å². The normalized spacial score (nSPS) is 10.4. The van der Waals surface area contributed by atoms with Crippen LogP contribution in [0.4, 0.5) is 14.5 Å². The molecule has 0 aliphatic carbocycles. The van der Waals surface area contributed by atoms with Crippen molar-refractivity contribution in [1.82, 2.24) is 4.98 Å². The Kier molecular flexibility index (Phi) is 3.91. The Balaban J connectivity index is 2.19. The van der Waals surface area contributed by atoms with Gasteiger partial charge in [0.1, 0.15) is 11.6 Å². The lowest BCUT2D eigenvalue weighted by Crippen LogP contribution is -2.05. The van der Waals surface area contributed by atoms with Crippen molar-refractivity contribution in [3.63, 3.8) is 0 Å². The second-order valence-corrected chi connectivity index (χ2v) is 4.72. The average Bonchev–Trinajstić information content (AvgIpc) is 2.30. The van der Waals surface area contributed by atoms with Crippen molar-refractivity contribution in [2.45, 2.75) is 13.5 Å².